The number of nitrogens with two attached hydrogens (primary N) is 1. The molecule has 0 aromatic carbocycles. The number of carbonyl (C=O) groups excluding carboxylic acids is 1. The zero-order valence-corrected chi connectivity index (χ0v) is 10.3. The molecular weight excluding hydrogens is 208 g/mol. The Labute approximate surface area is 96.6 Å². The average Bonchev–Trinajstić information content (AvgIpc) is 2.14. The second kappa shape index (κ2) is 4.59. The van der Waals surface area contributed by atoms with Crippen molar-refractivity contribution in [2.45, 2.75) is 44.8 Å². The summed E-state index contributed by atoms with van der Waals surface area (Å²) >= 11 is 0. The number of likely N-dealkylation sites (tertiary alicyclic amines) is 1. The van der Waals surface area contributed by atoms with Gasteiger partial charge in [-0.3, -0.25) is 4.90 Å². The minimum absolute atomic E-state index is 0.000314. The Morgan fingerprint density at radius 1 is 1.44 bits per heavy atom. The van der Waals surface area contributed by atoms with Crippen LogP contribution in [0.25, 0.3) is 0 Å². The van der Waals surface area contributed by atoms with E-state index >= 15 is 0 Å². The summed E-state index contributed by atoms with van der Waals surface area (Å²) in [4.78, 5) is 12.8. The van der Waals surface area contributed by atoms with Crippen molar-refractivity contribution in [2.24, 2.45) is 5.73 Å². The first kappa shape index (κ1) is 13.3. The zero-order valence-electron chi connectivity index (χ0n) is 10.3. The predicted molar refractivity (Wildman–Crippen MR) is 61.0 cm³/mol. The summed E-state index contributed by atoms with van der Waals surface area (Å²) in [6, 6.07) is 0. The number of nitrogens with zero attached hydrogens (tertiary/aromatic N) is 1. The quantitative estimate of drug-likeness (QED) is 0.732. The van der Waals surface area contributed by atoms with Crippen LogP contribution < -0.4 is 5.73 Å². The highest BCUT2D eigenvalue weighted by atomic mass is 16.6. The fraction of sp³-hybridized carbons (Fsp3) is 0.909. The Balaban J connectivity index is 2.44. The highest BCUT2D eigenvalue weighted by Crippen LogP contribution is 2.27. The van der Waals surface area contributed by atoms with E-state index in [1.54, 1.807) is 0 Å². The van der Waals surface area contributed by atoms with Crippen molar-refractivity contribution < 1.29 is 14.6 Å². The molecule has 1 heterocycles. The summed E-state index contributed by atoms with van der Waals surface area (Å²) in [5, 5.41) is 10.1. The van der Waals surface area contributed by atoms with Gasteiger partial charge < -0.3 is 15.6 Å². The Morgan fingerprint density at radius 3 is 2.31 bits per heavy atom. The van der Waals surface area contributed by atoms with Gasteiger partial charge in [-0.2, -0.15) is 0 Å². The second-order valence-corrected chi connectivity index (χ2v) is 5.49. The molecule has 0 spiro atoms. The van der Waals surface area contributed by atoms with Crippen LogP contribution in [0.4, 0.5) is 4.79 Å². The molecule has 0 aromatic heterocycles. The minimum Gasteiger partial charge on any atom is -0.447 e. The molecule has 0 atom stereocenters. The van der Waals surface area contributed by atoms with Gasteiger partial charge in [0.15, 0.2) is 0 Å². The van der Waals surface area contributed by atoms with Crippen LogP contribution >= 0.6 is 0 Å². The molecule has 1 aliphatic heterocycles. The third-order valence-corrected chi connectivity index (χ3v) is 3.13. The number of carbonyl (C=O) groups is 1. The molecule has 94 valence electrons. The highest BCUT2D eigenvalue weighted by molar-refractivity contribution is 5.64. The molecule has 0 saturated carbocycles. The maximum absolute atomic E-state index is 10.5. The molecule has 0 aliphatic carbocycles. The fourth-order valence-electron chi connectivity index (χ4n) is 1.94. The van der Waals surface area contributed by atoms with E-state index in [-0.39, 0.29) is 12.1 Å². The number of aliphatic hydroxyl groups is 1. The summed E-state index contributed by atoms with van der Waals surface area (Å²) in [5.41, 5.74) is 4.09. The van der Waals surface area contributed by atoms with Gasteiger partial charge in [-0.05, 0) is 33.6 Å². The van der Waals surface area contributed by atoms with Gasteiger partial charge in [-0.25, -0.2) is 4.79 Å². The molecular formula is C11H22N2O3. The Bertz CT molecular complexity index is 252. The van der Waals surface area contributed by atoms with E-state index in [1.165, 1.54) is 0 Å². The molecule has 5 nitrogen and oxygen atoms in total. The van der Waals surface area contributed by atoms with Crippen molar-refractivity contribution in [3.05, 3.63) is 0 Å². The molecule has 0 radical (unpaired) electrons. The standard InChI is InChI=1S/C11H22N2O3/c1-10(2,3)13-6-4-11(15,5-7-13)8-16-9(12)14/h15H,4-8H2,1-3H3,(H2,12,14). The lowest BCUT2D eigenvalue weighted by Gasteiger charge is -2.43. The monoisotopic (exact) mass is 230 g/mol. The topological polar surface area (TPSA) is 75.8 Å². The lowest BCUT2D eigenvalue weighted by Crippen LogP contribution is -2.53. The van der Waals surface area contributed by atoms with Gasteiger partial charge in [0.2, 0.25) is 0 Å². The Kier molecular flexibility index (Phi) is 3.80. The van der Waals surface area contributed by atoms with Gasteiger partial charge in [0.1, 0.15) is 12.2 Å². The number of primary amides is 1. The molecule has 0 aromatic rings. The molecule has 1 amide bonds. The third kappa shape index (κ3) is 3.64. The van der Waals surface area contributed by atoms with Crippen molar-refractivity contribution in [3.63, 3.8) is 0 Å². The first-order chi connectivity index (χ1) is 7.23. The SMILES string of the molecule is CC(C)(C)N1CCC(O)(COC(N)=O)CC1. The lowest BCUT2D eigenvalue weighted by atomic mass is 9.89. The van der Waals surface area contributed by atoms with Crippen LogP contribution in [-0.4, -0.2) is 46.9 Å². The van der Waals surface area contributed by atoms with E-state index in [1.807, 2.05) is 0 Å². The number of ether oxygens (including phenoxy) is 1. The molecule has 1 rings (SSSR count). The maximum Gasteiger partial charge on any atom is 0.404 e. The van der Waals surface area contributed by atoms with Gasteiger partial charge >= 0.3 is 6.09 Å². The Hall–Kier alpha value is -0.810. The van der Waals surface area contributed by atoms with Gasteiger partial charge in [0.25, 0.3) is 0 Å². The molecule has 16 heavy (non-hydrogen) atoms. The van der Waals surface area contributed by atoms with E-state index in [9.17, 15) is 9.90 Å². The summed E-state index contributed by atoms with van der Waals surface area (Å²) < 4.78 is 4.68. The van der Waals surface area contributed by atoms with Gasteiger partial charge in [-0.1, -0.05) is 0 Å². The van der Waals surface area contributed by atoms with Crippen LogP contribution in [0.15, 0.2) is 0 Å². The van der Waals surface area contributed by atoms with Crippen molar-refractivity contribution in [1.82, 2.24) is 4.90 Å². The van der Waals surface area contributed by atoms with Crippen molar-refractivity contribution in [1.29, 1.82) is 0 Å². The minimum atomic E-state index is -0.906. The predicted octanol–water partition coefficient (Wildman–Crippen LogP) is 0.707. The lowest BCUT2D eigenvalue weighted by molar-refractivity contribution is -0.0748. The van der Waals surface area contributed by atoms with E-state index in [0.29, 0.717) is 12.8 Å². The van der Waals surface area contributed by atoms with Crippen LogP contribution in [0, 0.1) is 0 Å². The summed E-state index contributed by atoms with van der Waals surface area (Å²) in [6.07, 6.45) is 0.390. The van der Waals surface area contributed by atoms with Crippen molar-refractivity contribution >= 4 is 6.09 Å². The number of rotatable bonds is 2. The zero-order chi connectivity index (χ0) is 12.4. The summed E-state index contributed by atoms with van der Waals surface area (Å²) in [7, 11) is 0. The Morgan fingerprint density at radius 2 is 1.94 bits per heavy atom. The van der Waals surface area contributed by atoms with E-state index in [0.717, 1.165) is 13.1 Å². The van der Waals surface area contributed by atoms with Crippen LogP contribution in [0.5, 0.6) is 0 Å². The molecule has 0 bridgehead atoms. The summed E-state index contributed by atoms with van der Waals surface area (Å²) in [5.74, 6) is 0. The van der Waals surface area contributed by atoms with Crippen LogP contribution in [0.3, 0.4) is 0 Å². The highest BCUT2D eigenvalue weighted by Gasteiger charge is 2.36. The largest absolute Gasteiger partial charge is 0.447 e. The first-order valence-corrected chi connectivity index (χ1v) is 5.63. The number of hydrogen-bond donors (Lipinski definition) is 2. The number of amides is 1. The van der Waals surface area contributed by atoms with Crippen LogP contribution in [-0.2, 0) is 4.74 Å². The van der Waals surface area contributed by atoms with Crippen LogP contribution in [0.2, 0.25) is 0 Å². The molecule has 1 fully saturated rings. The van der Waals surface area contributed by atoms with Gasteiger partial charge in [0, 0.05) is 18.6 Å². The van der Waals surface area contributed by atoms with Gasteiger partial charge in [0.05, 0.1) is 0 Å². The normalized spacial score (nSPS) is 21.8. The third-order valence-electron chi connectivity index (χ3n) is 3.13. The summed E-state index contributed by atoms with van der Waals surface area (Å²) in [6.45, 7) is 8.07. The van der Waals surface area contributed by atoms with Crippen LogP contribution in [0.1, 0.15) is 33.6 Å². The maximum atomic E-state index is 10.5. The molecule has 1 saturated heterocycles. The van der Waals surface area contributed by atoms with E-state index in [4.69, 9.17) is 5.73 Å². The molecule has 0 unspecified atom stereocenters. The van der Waals surface area contributed by atoms with Gasteiger partial charge in [-0.15, -0.1) is 0 Å². The fourth-order valence-corrected chi connectivity index (χ4v) is 1.94. The molecule has 1 aliphatic rings. The number of hydrogen-bond acceptors (Lipinski definition) is 4. The van der Waals surface area contributed by atoms with Crippen molar-refractivity contribution in [2.75, 3.05) is 19.7 Å². The molecule has 3 N–H and O–H groups in total. The smallest absolute Gasteiger partial charge is 0.404 e. The number of piperidine rings is 1. The average molecular weight is 230 g/mol. The first-order valence-electron chi connectivity index (χ1n) is 5.63. The van der Waals surface area contributed by atoms with Crippen molar-refractivity contribution in [3.8, 4) is 0 Å². The molecule has 5 heteroatoms. The second-order valence-electron chi connectivity index (χ2n) is 5.49. The van der Waals surface area contributed by atoms with E-state index in [2.05, 4.69) is 30.4 Å². The van der Waals surface area contributed by atoms with E-state index < -0.39 is 11.7 Å².